The predicted octanol–water partition coefficient (Wildman–Crippen LogP) is 3.96. The Morgan fingerprint density at radius 2 is 1.85 bits per heavy atom. The lowest BCUT2D eigenvalue weighted by Crippen LogP contribution is -2.37. The summed E-state index contributed by atoms with van der Waals surface area (Å²) < 4.78 is 0. The molecule has 2 heterocycles. The van der Waals surface area contributed by atoms with E-state index in [1.165, 1.54) is 0 Å². The number of carbonyl (C=O) groups is 1. The smallest absolute Gasteiger partial charge is 0.253 e. The molecule has 0 aliphatic rings. The normalized spacial score (nSPS) is 13.1. The highest BCUT2D eigenvalue weighted by Crippen LogP contribution is 2.27. The quantitative estimate of drug-likeness (QED) is 0.536. The Balaban J connectivity index is 2.22. The maximum atomic E-state index is 13.0. The molecule has 0 saturated carbocycles. The Labute approximate surface area is 198 Å². The summed E-state index contributed by atoms with van der Waals surface area (Å²) in [6.07, 6.45) is 6.69. The van der Waals surface area contributed by atoms with Crippen LogP contribution in [0.1, 0.15) is 72.8 Å². The minimum Gasteiger partial charge on any atom is -0.367 e. The van der Waals surface area contributed by atoms with E-state index >= 15 is 0 Å². The third-order valence-corrected chi connectivity index (χ3v) is 6.71. The molecule has 2 aromatic rings. The van der Waals surface area contributed by atoms with Gasteiger partial charge in [-0.2, -0.15) is 0 Å². The van der Waals surface area contributed by atoms with Gasteiger partial charge in [0.05, 0.1) is 17.4 Å². The minimum absolute atomic E-state index is 0.161. The highest BCUT2D eigenvalue weighted by Gasteiger charge is 2.22. The zero-order valence-electron chi connectivity index (χ0n) is 21.6. The van der Waals surface area contributed by atoms with Crippen molar-refractivity contribution >= 4 is 11.6 Å². The predicted molar refractivity (Wildman–Crippen MR) is 136 cm³/mol. The average Bonchev–Trinajstić information content (AvgIpc) is 2.76. The lowest BCUT2D eigenvalue weighted by atomic mass is 10.0. The van der Waals surface area contributed by atoms with Gasteiger partial charge in [-0.1, -0.05) is 6.92 Å². The maximum absolute atomic E-state index is 13.0. The monoisotopic (exact) mass is 455 g/mol. The molecule has 2 atom stereocenters. The summed E-state index contributed by atoms with van der Waals surface area (Å²) in [7, 11) is 4.23. The molecule has 0 spiro atoms. The maximum Gasteiger partial charge on any atom is 0.253 e. The van der Waals surface area contributed by atoms with Gasteiger partial charge in [-0.25, -0.2) is 0 Å². The number of aromatic amines is 1. The fraction of sp³-hybridized carbons (Fsp3) is 0.577. The van der Waals surface area contributed by atoms with Crippen molar-refractivity contribution in [3.05, 3.63) is 56.8 Å². The number of pyridine rings is 2. The number of hydrogen-bond acceptors (Lipinski definition) is 5. The van der Waals surface area contributed by atoms with Crippen LogP contribution >= 0.6 is 0 Å². The van der Waals surface area contributed by atoms with E-state index in [4.69, 9.17) is 0 Å². The van der Waals surface area contributed by atoms with Crippen LogP contribution in [0.4, 0.5) is 5.69 Å². The number of anilines is 1. The van der Waals surface area contributed by atoms with E-state index in [1.807, 2.05) is 33.0 Å². The first kappa shape index (κ1) is 26.6. The van der Waals surface area contributed by atoms with Gasteiger partial charge in [-0.15, -0.1) is 0 Å². The van der Waals surface area contributed by atoms with E-state index in [-0.39, 0.29) is 18.0 Å². The van der Waals surface area contributed by atoms with Crippen molar-refractivity contribution < 1.29 is 4.79 Å². The highest BCUT2D eigenvalue weighted by atomic mass is 16.1. The van der Waals surface area contributed by atoms with Crippen molar-refractivity contribution in [1.29, 1.82) is 0 Å². The molecule has 7 heteroatoms. The number of aryl methyl sites for hydroxylation is 2. The number of hydrogen-bond donors (Lipinski definition) is 2. The Bertz CT molecular complexity index is 999. The van der Waals surface area contributed by atoms with Crippen LogP contribution in [0, 0.1) is 20.8 Å². The summed E-state index contributed by atoms with van der Waals surface area (Å²) in [4.78, 5) is 37.1. The van der Waals surface area contributed by atoms with E-state index < -0.39 is 0 Å². The number of amides is 1. The summed E-state index contributed by atoms with van der Waals surface area (Å²) in [5.74, 6) is -0.216. The van der Waals surface area contributed by atoms with Crippen LogP contribution < -0.4 is 15.8 Å². The molecule has 2 rings (SSSR count). The molecular formula is C26H41N5O2. The number of carbonyl (C=O) groups excluding carboxylic acids is 1. The van der Waals surface area contributed by atoms with E-state index in [0.717, 1.165) is 48.3 Å². The number of nitrogens with zero attached hydrogens (tertiary/aromatic N) is 3. The molecule has 0 saturated heterocycles. The van der Waals surface area contributed by atoms with E-state index in [9.17, 15) is 9.59 Å². The van der Waals surface area contributed by atoms with Gasteiger partial charge in [0.1, 0.15) is 0 Å². The van der Waals surface area contributed by atoms with Gasteiger partial charge in [0.25, 0.3) is 11.5 Å². The summed E-state index contributed by atoms with van der Waals surface area (Å²) >= 11 is 0. The number of aromatic nitrogens is 2. The summed E-state index contributed by atoms with van der Waals surface area (Å²) in [5, 5.41) is 2.91. The Morgan fingerprint density at radius 1 is 1.15 bits per heavy atom. The molecule has 1 amide bonds. The van der Waals surface area contributed by atoms with Gasteiger partial charge in [0, 0.05) is 42.6 Å². The SMILES string of the molecule is CC[C@@H](CC[C@H](C)N(C)C)N(CC)c1cncc(C(=O)NCc2c(C)cc(C)[nH]c2=O)c1C. The molecular weight excluding hydrogens is 414 g/mol. The number of nitrogens with one attached hydrogen (secondary N) is 2. The molecule has 0 aromatic carbocycles. The van der Waals surface area contributed by atoms with Gasteiger partial charge in [0.15, 0.2) is 0 Å². The van der Waals surface area contributed by atoms with Crippen molar-refractivity contribution in [3.63, 3.8) is 0 Å². The third-order valence-electron chi connectivity index (χ3n) is 6.71. The van der Waals surface area contributed by atoms with Crippen molar-refractivity contribution in [1.82, 2.24) is 20.2 Å². The van der Waals surface area contributed by atoms with Gasteiger partial charge in [-0.3, -0.25) is 14.6 Å². The van der Waals surface area contributed by atoms with E-state index in [2.05, 4.69) is 60.0 Å². The molecule has 2 aromatic heterocycles. The fourth-order valence-electron chi connectivity index (χ4n) is 4.30. The molecule has 0 aliphatic heterocycles. The number of rotatable bonds is 11. The van der Waals surface area contributed by atoms with Gasteiger partial charge >= 0.3 is 0 Å². The molecule has 0 radical (unpaired) electrons. The second-order valence-electron chi connectivity index (χ2n) is 9.19. The van der Waals surface area contributed by atoms with Crippen molar-refractivity contribution in [2.75, 3.05) is 25.5 Å². The van der Waals surface area contributed by atoms with Crippen LogP contribution in [0.3, 0.4) is 0 Å². The topological polar surface area (TPSA) is 81.3 Å². The zero-order valence-corrected chi connectivity index (χ0v) is 21.6. The van der Waals surface area contributed by atoms with Crippen LogP contribution in [0.2, 0.25) is 0 Å². The number of H-pyrrole nitrogens is 1. The molecule has 182 valence electrons. The second-order valence-corrected chi connectivity index (χ2v) is 9.19. The zero-order chi connectivity index (χ0) is 24.7. The van der Waals surface area contributed by atoms with Crippen LogP contribution in [0.15, 0.2) is 23.3 Å². The third kappa shape index (κ3) is 6.67. The van der Waals surface area contributed by atoms with Crippen molar-refractivity contribution in [2.24, 2.45) is 0 Å². The molecule has 0 unspecified atom stereocenters. The Hall–Kier alpha value is -2.67. The van der Waals surface area contributed by atoms with Crippen LogP contribution in [-0.4, -0.2) is 53.5 Å². The molecule has 0 bridgehead atoms. The van der Waals surface area contributed by atoms with E-state index in [0.29, 0.717) is 23.2 Å². The highest BCUT2D eigenvalue weighted by molar-refractivity contribution is 5.96. The van der Waals surface area contributed by atoms with Crippen molar-refractivity contribution in [2.45, 2.75) is 79.4 Å². The van der Waals surface area contributed by atoms with Crippen LogP contribution in [0.5, 0.6) is 0 Å². The lowest BCUT2D eigenvalue weighted by Gasteiger charge is -2.34. The lowest BCUT2D eigenvalue weighted by molar-refractivity contribution is 0.0949. The summed E-state index contributed by atoms with van der Waals surface area (Å²) in [5.41, 5.74) is 4.55. The Morgan fingerprint density at radius 3 is 2.42 bits per heavy atom. The molecule has 2 N–H and O–H groups in total. The first-order chi connectivity index (χ1) is 15.6. The second kappa shape index (κ2) is 12.0. The molecule has 0 aliphatic carbocycles. The summed E-state index contributed by atoms with van der Waals surface area (Å²) in [6.45, 7) is 13.4. The standard InChI is InChI=1S/C26H41N5O2/c1-9-21(12-11-19(5)30(7)8)31(10-2)24-16-27-14-23(20(24)6)25(32)28-15-22-17(3)13-18(4)29-26(22)33/h13-14,16,19,21H,9-12,15H2,1-8H3,(H,28,32)(H,29,33)/t19-,21-/m0/s1. The van der Waals surface area contributed by atoms with Gasteiger partial charge in [0.2, 0.25) is 0 Å². The largest absolute Gasteiger partial charge is 0.367 e. The first-order valence-corrected chi connectivity index (χ1v) is 12.0. The van der Waals surface area contributed by atoms with E-state index in [1.54, 1.807) is 6.20 Å². The average molecular weight is 456 g/mol. The molecule has 33 heavy (non-hydrogen) atoms. The Kier molecular flexibility index (Phi) is 9.65. The van der Waals surface area contributed by atoms with Gasteiger partial charge in [-0.05, 0) is 85.2 Å². The van der Waals surface area contributed by atoms with Crippen LogP contribution in [0.25, 0.3) is 0 Å². The first-order valence-electron chi connectivity index (χ1n) is 12.0. The molecule has 7 nitrogen and oxygen atoms in total. The minimum atomic E-state index is -0.216. The van der Waals surface area contributed by atoms with Crippen molar-refractivity contribution in [3.8, 4) is 0 Å². The van der Waals surface area contributed by atoms with Gasteiger partial charge < -0.3 is 20.1 Å². The molecule has 0 fully saturated rings. The summed E-state index contributed by atoms with van der Waals surface area (Å²) in [6, 6.07) is 2.81. The fourth-order valence-corrected chi connectivity index (χ4v) is 4.30. The van der Waals surface area contributed by atoms with Crippen LogP contribution in [-0.2, 0) is 6.54 Å².